The van der Waals surface area contributed by atoms with Crippen molar-refractivity contribution < 1.29 is 0 Å². The summed E-state index contributed by atoms with van der Waals surface area (Å²) < 4.78 is 0. The Balaban J connectivity index is 1.88. The van der Waals surface area contributed by atoms with Gasteiger partial charge in [0, 0.05) is 12.2 Å². The van der Waals surface area contributed by atoms with E-state index in [1.807, 2.05) is 18.2 Å². The van der Waals surface area contributed by atoms with Crippen molar-refractivity contribution in [2.45, 2.75) is 33.7 Å². The Kier molecular flexibility index (Phi) is 4.80. The van der Waals surface area contributed by atoms with E-state index in [0.29, 0.717) is 0 Å². The van der Waals surface area contributed by atoms with Crippen LogP contribution in [0.15, 0.2) is 36.4 Å². The lowest BCUT2D eigenvalue weighted by Gasteiger charge is -2.12. The van der Waals surface area contributed by atoms with Gasteiger partial charge in [-0.3, -0.25) is 0 Å². The molecular formula is C18H24N2. The topological polar surface area (TPSA) is 38.0 Å². The number of hydrogen-bond acceptors (Lipinski definition) is 2. The third kappa shape index (κ3) is 3.84. The van der Waals surface area contributed by atoms with Gasteiger partial charge < -0.3 is 11.1 Å². The van der Waals surface area contributed by atoms with Gasteiger partial charge in [-0.2, -0.15) is 0 Å². The van der Waals surface area contributed by atoms with E-state index in [1.165, 1.54) is 27.8 Å². The molecule has 2 rings (SSSR count). The highest BCUT2D eigenvalue weighted by molar-refractivity contribution is 5.40. The Labute approximate surface area is 122 Å². The lowest BCUT2D eigenvalue weighted by Crippen LogP contribution is -2.17. The minimum absolute atomic E-state index is 0.828. The fourth-order valence-electron chi connectivity index (χ4n) is 2.75. The van der Waals surface area contributed by atoms with Crippen molar-refractivity contribution in [1.29, 1.82) is 0 Å². The zero-order valence-electron chi connectivity index (χ0n) is 12.7. The highest BCUT2D eigenvalue weighted by Gasteiger charge is 2.03. The van der Waals surface area contributed by atoms with Crippen molar-refractivity contribution in [3.8, 4) is 0 Å². The van der Waals surface area contributed by atoms with Gasteiger partial charge in [-0.1, -0.05) is 29.8 Å². The van der Waals surface area contributed by atoms with Crippen LogP contribution in [0.2, 0.25) is 0 Å². The molecule has 3 N–H and O–H groups in total. The van der Waals surface area contributed by atoms with Gasteiger partial charge in [-0.15, -0.1) is 0 Å². The first-order chi connectivity index (χ1) is 9.56. The lowest BCUT2D eigenvalue weighted by atomic mass is 9.97. The molecule has 0 aliphatic heterocycles. The highest BCUT2D eigenvalue weighted by atomic mass is 14.8. The minimum atomic E-state index is 0.828. The van der Waals surface area contributed by atoms with E-state index in [9.17, 15) is 0 Å². The molecule has 2 aromatic carbocycles. The maximum absolute atomic E-state index is 5.78. The molecule has 0 radical (unpaired) electrons. The number of rotatable bonds is 5. The van der Waals surface area contributed by atoms with E-state index >= 15 is 0 Å². The number of hydrogen-bond donors (Lipinski definition) is 2. The Morgan fingerprint density at radius 1 is 1.00 bits per heavy atom. The van der Waals surface area contributed by atoms with Crippen LogP contribution in [0.4, 0.5) is 5.69 Å². The fourth-order valence-corrected chi connectivity index (χ4v) is 2.75. The summed E-state index contributed by atoms with van der Waals surface area (Å²) in [6.07, 6.45) is 1.07. The first kappa shape index (κ1) is 14.6. The maximum Gasteiger partial charge on any atom is 0.0317 e. The van der Waals surface area contributed by atoms with E-state index in [0.717, 1.165) is 25.2 Å². The Hall–Kier alpha value is -1.80. The van der Waals surface area contributed by atoms with Crippen molar-refractivity contribution in [3.63, 3.8) is 0 Å². The van der Waals surface area contributed by atoms with Crippen LogP contribution >= 0.6 is 0 Å². The van der Waals surface area contributed by atoms with Crippen LogP contribution in [0.25, 0.3) is 0 Å². The highest BCUT2D eigenvalue weighted by Crippen LogP contribution is 2.16. The summed E-state index contributed by atoms with van der Waals surface area (Å²) in [4.78, 5) is 0. The van der Waals surface area contributed by atoms with E-state index in [1.54, 1.807) is 0 Å². The molecule has 0 spiro atoms. The lowest BCUT2D eigenvalue weighted by molar-refractivity contribution is 0.684. The molecule has 2 nitrogen and oxygen atoms in total. The molecule has 0 saturated heterocycles. The molecule has 0 amide bonds. The van der Waals surface area contributed by atoms with Crippen molar-refractivity contribution in [2.75, 3.05) is 12.3 Å². The van der Waals surface area contributed by atoms with Crippen LogP contribution in [0.1, 0.15) is 27.8 Å². The predicted octanol–water partition coefficient (Wildman–Crippen LogP) is 3.53. The predicted molar refractivity (Wildman–Crippen MR) is 86.9 cm³/mol. The van der Waals surface area contributed by atoms with Crippen molar-refractivity contribution >= 4 is 5.69 Å². The van der Waals surface area contributed by atoms with E-state index in [-0.39, 0.29) is 0 Å². The second-order valence-electron chi connectivity index (χ2n) is 5.55. The molecule has 0 unspecified atom stereocenters. The minimum Gasteiger partial charge on any atom is -0.399 e. The van der Waals surface area contributed by atoms with Gasteiger partial charge in [0.1, 0.15) is 0 Å². The molecule has 0 bridgehead atoms. The number of nitrogens with two attached hydrogens (primary N) is 1. The van der Waals surface area contributed by atoms with Crippen LogP contribution in [-0.4, -0.2) is 6.54 Å². The summed E-state index contributed by atoms with van der Waals surface area (Å²) in [5.74, 6) is 0. The zero-order valence-corrected chi connectivity index (χ0v) is 12.7. The number of anilines is 1. The van der Waals surface area contributed by atoms with Gasteiger partial charge >= 0.3 is 0 Å². The van der Waals surface area contributed by atoms with Crippen LogP contribution in [0.5, 0.6) is 0 Å². The SMILES string of the molecule is Cc1cc(C)c(CCNCc2cccc(N)c2)c(C)c1. The fraction of sp³-hybridized carbons (Fsp3) is 0.333. The monoisotopic (exact) mass is 268 g/mol. The molecule has 0 heterocycles. The standard InChI is InChI=1S/C18H24N2/c1-13-9-14(2)18(15(3)10-13)7-8-20-12-16-5-4-6-17(19)11-16/h4-6,9-11,20H,7-8,12,19H2,1-3H3. The largest absolute Gasteiger partial charge is 0.399 e. The smallest absolute Gasteiger partial charge is 0.0317 e. The van der Waals surface area contributed by atoms with Gasteiger partial charge in [-0.05, 0) is 68.1 Å². The van der Waals surface area contributed by atoms with Gasteiger partial charge in [0.15, 0.2) is 0 Å². The normalized spacial score (nSPS) is 10.8. The Morgan fingerprint density at radius 3 is 2.35 bits per heavy atom. The van der Waals surface area contributed by atoms with Crippen molar-refractivity contribution in [2.24, 2.45) is 0 Å². The number of nitrogens with one attached hydrogen (secondary N) is 1. The van der Waals surface area contributed by atoms with E-state index in [4.69, 9.17) is 5.73 Å². The summed E-state index contributed by atoms with van der Waals surface area (Å²) >= 11 is 0. The molecule has 0 aliphatic rings. The average Bonchev–Trinajstić information content (AvgIpc) is 2.36. The summed E-state index contributed by atoms with van der Waals surface area (Å²) in [5.41, 5.74) is 13.5. The van der Waals surface area contributed by atoms with E-state index < -0.39 is 0 Å². The number of aryl methyl sites for hydroxylation is 3. The van der Waals surface area contributed by atoms with Gasteiger partial charge in [0.2, 0.25) is 0 Å². The number of nitrogen functional groups attached to an aromatic ring is 1. The molecule has 106 valence electrons. The third-order valence-corrected chi connectivity index (χ3v) is 3.67. The first-order valence-electron chi connectivity index (χ1n) is 7.18. The molecule has 0 fully saturated rings. The van der Waals surface area contributed by atoms with Crippen LogP contribution in [-0.2, 0) is 13.0 Å². The first-order valence-corrected chi connectivity index (χ1v) is 7.18. The zero-order chi connectivity index (χ0) is 14.5. The van der Waals surface area contributed by atoms with Gasteiger partial charge in [-0.25, -0.2) is 0 Å². The van der Waals surface area contributed by atoms with Gasteiger partial charge in [0.25, 0.3) is 0 Å². The van der Waals surface area contributed by atoms with Crippen LogP contribution in [0.3, 0.4) is 0 Å². The maximum atomic E-state index is 5.78. The second-order valence-corrected chi connectivity index (χ2v) is 5.55. The van der Waals surface area contributed by atoms with E-state index in [2.05, 4.69) is 44.3 Å². The third-order valence-electron chi connectivity index (χ3n) is 3.67. The van der Waals surface area contributed by atoms with Crippen LogP contribution < -0.4 is 11.1 Å². The summed E-state index contributed by atoms with van der Waals surface area (Å²) in [6.45, 7) is 8.41. The summed E-state index contributed by atoms with van der Waals surface area (Å²) in [6, 6.07) is 12.6. The molecule has 2 heteroatoms. The Bertz CT molecular complexity index is 565. The molecule has 0 aromatic heterocycles. The van der Waals surface area contributed by atoms with Crippen molar-refractivity contribution in [1.82, 2.24) is 5.32 Å². The quantitative estimate of drug-likeness (QED) is 0.643. The van der Waals surface area contributed by atoms with Crippen molar-refractivity contribution in [3.05, 3.63) is 64.2 Å². The second kappa shape index (κ2) is 6.58. The summed E-state index contributed by atoms with van der Waals surface area (Å²) in [5, 5.41) is 3.49. The molecule has 0 atom stereocenters. The average molecular weight is 268 g/mol. The molecule has 20 heavy (non-hydrogen) atoms. The molecule has 0 aliphatic carbocycles. The number of benzene rings is 2. The Morgan fingerprint density at radius 2 is 1.70 bits per heavy atom. The molecule has 2 aromatic rings. The van der Waals surface area contributed by atoms with Crippen LogP contribution in [0, 0.1) is 20.8 Å². The van der Waals surface area contributed by atoms with Gasteiger partial charge in [0.05, 0.1) is 0 Å². The molecular weight excluding hydrogens is 244 g/mol. The summed E-state index contributed by atoms with van der Waals surface area (Å²) in [7, 11) is 0. The molecule has 0 saturated carbocycles.